The van der Waals surface area contributed by atoms with Gasteiger partial charge in [-0.2, -0.15) is 0 Å². The highest BCUT2D eigenvalue weighted by molar-refractivity contribution is 5.78. The van der Waals surface area contributed by atoms with E-state index in [4.69, 9.17) is 4.74 Å². The Morgan fingerprint density at radius 2 is 1.96 bits per heavy atom. The van der Waals surface area contributed by atoms with E-state index in [-0.39, 0.29) is 18.0 Å². The minimum Gasteiger partial charge on any atom is -0.490 e. The summed E-state index contributed by atoms with van der Waals surface area (Å²) >= 11 is 0. The lowest BCUT2D eigenvalue weighted by molar-refractivity contribution is -0.131. The number of amides is 1. The first-order valence-corrected chi connectivity index (χ1v) is 8.59. The zero-order valence-electron chi connectivity index (χ0n) is 15.2. The van der Waals surface area contributed by atoms with Gasteiger partial charge >= 0.3 is 0 Å². The first-order chi connectivity index (χ1) is 13.1. The monoisotopic (exact) mass is 363 g/mol. The second kappa shape index (κ2) is 8.31. The van der Waals surface area contributed by atoms with Crippen molar-refractivity contribution in [2.24, 2.45) is 0 Å². The van der Waals surface area contributed by atoms with Crippen LogP contribution in [0.1, 0.15) is 5.56 Å². The molecule has 0 saturated carbocycles. The van der Waals surface area contributed by atoms with Crippen molar-refractivity contribution in [3.63, 3.8) is 0 Å². The number of hydrogen-bond acceptors (Lipinski definition) is 4. The molecule has 0 atom stereocenters. The maximum Gasteiger partial charge on any atom is 0.261 e. The number of hydrogen-bond donors (Lipinski definition) is 0. The molecule has 0 N–H and O–H groups in total. The zero-order chi connectivity index (χ0) is 19.2. The topological polar surface area (TPSA) is 64.4 Å². The minimum absolute atomic E-state index is 0.0479. The number of rotatable bonds is 7. The van der Waals surface area contributed by atoms with E-state index in [1.807, 2.05) is 30.3 Å². The Bertz CT molecular complexity index is 1010. The number of fused-ring (bicyclic) bond motifs is 1. The maximum absolute atomic E-state index is 12.5. The molecule has 0 radical (unpaired) electrons. The largest absolute Gasteiger partial charge is 0.490 e. The molecule has 0 aliphatic rings. The SMILES string of the molecule is C=CCOc1ccc(CN(C)C(=O)Cn2cnc3ccccc3c2=O)cc1. The molecule has 0 bridgehead atoms. The van der Waals surface area contributed by atoms with E-state index in [0.717, 1.165) is 11.3 Å². The third-order valence-corrected chi connectivity index (χ3v) is 4.17. The molecule has 27 heavy (non-hydrogen) atoms. The summed E-state index contributed by atoms with van der Waals surface area (Å²) in [6.45, 7) is 4.46. The number of aromatic nitrogens is 2. The molecular formula is C21H21N3O3. The minimum atomic E-state index is -0.217. The van der Waals surface area contributed by atoms with E-state index in [1.54, 1.807) is 36.2 Å². The molecule has 1 heterocycles. The third kappa shape index (κ3) is 4.41. The van der Waals surface area contributed by atoms with E-state index >= 15 is 0 Å². The molecule has 2 aromatic carbocycles. The van der Waals surface area contributed by atoms with Gasteiger partial charge in [0.15, 0.2) is 0 Å². The Balaban J connectivity index is 1.66. The third-order valence-electron chi connectivity index (χ3n) is 4.17. The predicted molar refractivity (Wildman–Crippen MR) is 105 cm³/mol. The first-order valence-electron chi connectivity index (χ1n) is 8.59. The Hall–Kier alpha value is -3.41. The summed E-state index contributed by atoms with van der Waals surface area (Å²) in [7, 11) is 1.71. The van der Waals surface area contributed by atoms with Gasteiger partial charge in [-0.25, -0.2) is 4.98 Å². The highest BCUT2D eigenvalue weighted by Crippen LogP contribution is 2.13. The van der Waals surface area contributed by atoms with Crippen LogP contribution in [0.3, 0.4) is 0 Å². The maximum atomic E-state index is 12.5. The quantitative estimate of drug-likeness (QED) is 0.606. The van der Waals surface area contributed by atoms with Crippen LogP contribution in [-0.4, -0.2) is 34.0 Å². The molecule has 0 spiro atoms. The molecule has 3 rings (SSSR count). The van der Waals surface area contributed by atoms with Crippen molar-refractivity contribution in [2.75, 3.05) is 13.7 Å². The summed E-state index contributed by atoms with van der Waals surface area (Å²) in [5, 5.41) is 0.505. The first kappa shape index (κ1) is 18.4. The number of likely N-dealkylation sites (N-methyl/N-ethyl adjacent to an activating group) is 1. The van der Waals surface area contributed by atoms with E-state index in [2.05, 4.69) is 11.6 Å². The van der Waals surface area contributed by atoms with Crippen LogP contribution in [-0.2, 0) is 17.9 Å². The standard InChI is InChI=1S/C21H21N3O3/c1-3-12-27-17-10-8-16(9-11-17)13-23(2)20(25)14-24-15-22-19-7-5-4-6-18(19)21(24)26/h3-11,15H,1,12-14H2,2H3. The predicted octanol–water partition coefficient (Wildman–Crippen LogP) is 2.62. The van der Waals surface area contributed by atoms with Gasteiger partial charge in [0, 0.05) is 13.6 Å². The molecule has 6 heteroatoms. The summed E-state index contributed by atoms with van der Waals surface area (Å²) in [4.78, 5) is 30.8. The smallest absolute Gasteiger partial charge is 0.261 e. The number of carbonyl (C=O) groups is 1. The van der Waals surface area contributed by atoms with Gasteiger partial charge in [0.05, 0.1) is 17.2 Å². The van der Waals surface area contributed by atoms with Gasteiger partial charge < -0.3 is 9.64 Å². The average Bonchev–Trinajstić information content (AvgIpc) is 2.69. The van der Waals surface area contributed by atoms with Gasteiger partial charge in [-0.15, -0.1) is 0 Å². The van der Waals surface area contributed by atoms with E-state index in [0.29, 0.717) is 24.1 Å². The molecule has 0 saturated heterocycles. The summed E-state index contributed by atoms with van der Waals surface area (Å²) in [5.74, 6) is 0.586. The summed E-state index contributed by atoms with van der Waals surface area (Å²) in [6.07, 6.45) is 3.10. The van der Waals surface area contributed by atoms with Crippen LogP contribution in [0.2, 0.25) is 0 Å². The lowest BCUT2D eigenvalue weighted by Crippen LogP contribution is -2.33. The molecule has 0 aliphatic carbocycles. The lowest BCUT2D eigenvalue weighted by atomic mass is 10.2. The van der Waals surface area contributed by atoms with E-state index < -0.39 is 0 Å². The van der Waals surface area contributed by atoms with Gasteiger partial charge in [0.2, 0.25) is 5.91 Å². The van der Waals surface area contributed by atoms with E-state index in [1.165, 1.54) is 10.9 Å². The fourth-order valence-electron chi connectivity index (χ4n) is 2.69. The van der Waals surface area contributed by atoms with Crippen molar-refractivity contribution < 1.29 is 9.53 Å². The summed E-state index contributed by atoms with van der Waals surface area (Å²) in [5.41, 5.74) is 1.38. The van der Waals surface area contributed by atoms with Crippen molar-refractivity contribution >= 4 is 16.8 Å². The number of carbonyl (C=O) groups excluding carboxylic acids is 1. The highest BCUT2D eigenvalue weighted by Gasteiger charge is 2.12. The van der Waals surface area contributed by atoms with Crippen LogP contribution in [0, 0.1) is 0 Å². The number of para-hydroxylation sites is 1. The van der Waals surface area contributed by atoms with Crippen molar-refractivity contribution in [2.45, 2.75) is 13.1 Å². The Kier molecular flexibility index (Phi) is 5.66. The van der Waals surface area contributed by atoms with Crippen LogP contribution < -0.4 is 10.3 Å². The molecule has 0 unspecified atom stereocenters. The van der Waals surface area contributed by atoms with Gasteiger partial charge in [-0.3, -0.25) is 14.2 Å². The molecule has 6 nitrogen and oxygen atoms in total. The number of nitrogens with zero attached hydrogens (tertiary/aromatic N) is 3. The van der Waals surface area contributed by atoms with Crippen molar-refractivity contribution in [3.05, 3.63) is 83.4 Å². The Morgan fingerprint density at radius 1 is 1.22 bits per heavy atom. The van der Waals surface area contributed by atoms with Crippen LogP contribution in [0.5, 0.6) is 5.75 Å². The van der Waals surface area contributed by atoms with Crippen LogP contribution >= 0.6 is 0 Å². The lowest BCUT2D eigenvalue weighted by Gasteiger charge is -2.18. The second-order valence-corrected chi connectivity index (χ2v) is 6.19. The van der Waals surface area contributed by atoms with Gasteiger partial charge in [-0.1, -0.05) is 36.9 Å². The zero-order valence-corrected chi connectivity index (χ0v) is 15.2. The molecule has 0 aliphatic heterocycles. The van der Waals surface area contributed by atoms with Gasteiger partial charge in [-0.05, 0) is 29.8 Å². The van der Waals surface area contributed by atoms with Gasteiger partial charge in [0.25, 0.3) is 5.56 Å². The summed E-state index contributed by atoms with van der Waals surface area (Å²) in [6, 6.07) is 14.6. The second-order valence-electron chi connectivity index (χ2n) is 6.19. The highest BCUT2D eigenvalue weighted by atomic mass is 16.5. The van der Waals surface area contributed by atoms with Crippen LogP contribution in [0.25, 0.3) is 10.9 Å². The molecule has 138 valence electrons. The molecule has 3 aromatic rings. The number of benzene rings is 2. The normalized spacial score (nSPS) is 10.6. The Labute approximate surface area is 157 Å². The van der Waals surface area contributed by atoms with Gasteiger partial charge in [0.1, 0.15) is 18.9 Å². The summed E-state index contributed by atoms with van der Waals surface area (Å²) < 4.78 is 6.79. The Morgan fingerprint density at radius 3 is 2.70 bits per heavy atom. The molecule has 1 amide bonds. The van der Waals surface area contributed by atoms with Crippen LogP contribution in [0.4, 0.5) is 0 Å². The average molecular weight is 363 g/mol. The van der Waals surface area contributed by atoms with Crippen molar-refractivity contribution in [1.29, 1.82) is 0 Å². The van der Waals surface area contributed by atoms with Crippen LogP contribution in [0.15, 0.2) is 72.3 Å². The molecule has 1 aromatic heterocycles. The molecule has 0 fully saturated rings. The fourth-order valence-corrected chi connectivity index (χ4v) is 2.69. The number of ether oxygens (including phenoxy) is 1. The van der Waals surface area contributed by atoms with Crippen molar-refractivity contribution in [1.82, 2.24) is 14.5 Å². The van der Waals surface area contributed by atoms with E-state index in [9.17, 15) is 9.59 Å². The fraction of sp³-hybridized carbons (Fsp3) is 0.190. The van der Waals surface area contributed by atoms with Crippen molar-refractivity contribution in [3.8, 4) is 5.75 Å². The molecular weight excluding hydrogens is 342 g/mol.